The minimum Gasteiger partial charge on any atom is -0.495 e. The predicted molar refractivity (Wildman–Crippen MR) is 65.6 cm³/mol. The minimum atomic E-state index is -0.258. The van der Waals surface area contributed by atoms with Gasteiger partial charge in [0.05, 0.1) is 24.5 Å². The van der Waals surface area contributed by atoms with Gasteiger partial charge in [0.25, 0.3) is 0 Å². The highest BCUT2D eigenvalue weighted by molar-refractivity contribution is 5.95. The van der Waals surface area contributed by atoms with Crippen molar-refractivity contribution in [2.24, 2.45) is 0 Å². The molecule has 1 atom stereocenters. The van der Waals surface area contributed by atoms with E-state index in [-0.39, 0.29) is 12.1 Å². The zero-order chi connectivity index (χ0) is 12.5. The summed E-state index contributed by atoms with van der Waals surface area (Å²) in [6, 6.07) is 6.97. The summed E-state index contributed by atoms with van der Waals surface area (Å²) in [6.07, 6.45) is 1.66. The Balaban J connectivity index is 2.13. The number of fused-ring (bicyclic) bond motifs is 1. The molecule has 0 radical (unpaired) electrons. The average Bonchev–Trinajstić information content (AvgIpc) is 2.90. The van der Waals surface area contributed by atoms with Gasteiger partial charge in [-0.3, -0.25) is 5.10 Å². The Hall–Kier alpha value is -2.50. The fraction of sp³-hybridized carbons (Fsp3) is 0.167. The summed E-state index contributed by atoms with van der Waals surface area (Å²) in [6.45, 7) is 0. The third-order valence-corrected chi connectivity index (χ3v) is 2.94. The summed E-state index contributed by atoms with van der Waals surface area (Å²) in [5, 5.41) is 12.4. The van der Waals surface area contributed by atoms with Crippen molar-refractivity contribution < 1.29 is 9.53 Å². The van der Waals surface area contributed by atoms with E-state index in [0.29, 0.717) is 11.4 Å². The number of para-hydroxylation sites is 1. The number of hydrogen-bond donors (Lipinski definition) is 3. The zero-order valence-electron chi connectivity index (χ0n) is 9.73. The van der Waals surface area contributed by atoms with Gasteiger partial charge in [-0.05, 0) is 12.1 Å². The first kappa shape index (κ1) is 10.6. The highest BCUT2D eigenvalue weighted by Crippen LogP contribution is 2.37. The molecule has 0 aliphatic carbocycles. The largest absolute Gasteiger partial charge is 0.495 e. The van der Waals surface area contributed by atoms with E-state index in [1.807, 2.05) is 24.3 Å². The molecule has 2 amide bonds. The summed E-state index contributed by atoms with van der Waals surface area (Å²) >= 11 is 0. The topological polar surface area (TPSA) is 79.0 Å². The van der Waals surface area contributed by atoms with Gasteiger partial charge >= 0.3 is 6.03 Å². The lowest BCUT2D eigenvalue weighted by Gasteiger charge is -2.27. The van der Waals surface area contributed by atoms with Gasteiger partial charge in [-0.15, -0.1) is 0 Å². The SMILES string of the molecule is COc1cccc2c1NC(=O)NC2c1ccn[nH]1. The van der Waals surface area contributed by atoms with Crippen LogP contribution in [0.4, 0.5) is 10.5 Å². The number of urea groups is 1. The highest BCUT2D eigenvalue weighted by Gasteiger charge is 2.28. The maximum Gasteiger partial charge on any atom is 0.320 e. The molecule has 0 bridgehead atoms. The van der Waals surface area contributed by atoms with Crippen LogP contribution >= 0.6 is 0 Å². The van der Waals surface area contributed by atoms with E-state index in [1.165, 1.54) is 0 Å². The van der Waals surface area contributed by atoms with Gasteiger partial charge < -0.3 is 15.4 Å². The van der Waals surface area contributed by atoms with Crippen molar-refractivity contribution in [2.75, 3.05) is 12.4 Å². The first-order chi connectivity index (χ1) is 8.79. The molecule has 1 aromatic heterocycles. The number of carbonyl (C=O) groups excluding carboxylic acids is 1. The summed E-state index contributed by atoms with van der Waals surface area (Å²) in [7, 11) is 1.58. The molecule has 1 aromatic carbocycles. The van der Waals surface area contributed by atoms with Crippen molar-refractivity contribution in [3.05, 3.63) is 41.7 Å². The second kappa shape index (κ2) is 4.06. The van der Waals surface area contributed by atoms with Crippen molar-refractivity contribution in [3.8, 4) is 5.75 Å². The molecule has 0 saturated carbocycles. The number of nitrogens with one attached hydrogen (secondary N) is 3. The summed E-state index contributed by atoms with van der Waals surface area (Å²) in [5.74, 6) is 0.645. The number of carbonyl (C=O) groups is 1. The minimum absolute atomic E-state index is 0.244. The highest BCUT2D eigenvalue weighted by atomic mass is 16.5. The quantitative estimate of drug-likeness (QED) is 0.751. The Kier molecular flexibility index (Phi) is 2.40. The lowest BCUT2D eigenvalue weighted by Crippen LogP contribution is -2.38. The Bertz CT molecular complexity index is 580. The van der Waals surface area contributed by atoms with Crippen LogP contribution in [0.1, 0.15) is 17.3 Å². The first-order valence-corrected chi connectivity index (χ1v) is 5.53. The normalized spacial score (nSPS) is 17.6. The summed E-state index contributed by atoms with van der Waals surface area (Å²) in [4.78, 5) is 11.7. The van der Waals surface area contributed by atoms with Crippen LogP contribution in [-0.4, -0.2) is 23.3 Å². The predicted octanol–water partition coefficient (Wildman–Crippen LogP) is 1.64. The Labute approximate surface area is 103 Å². The Morgan fingerprint density at radius 1 is 1.33 bits per heavy atom. The van der Waals surface area contributed by atoms with Gasteiger partial charge in [-0.2, -0.15) is 5.10 Å². The number of ether oxygens (including phenoxy) is 1. The molecule has 92 valence electrons. The molecule has 1 aliphatic rings. The van der Waals surface area contributed by atoms with E-state index in [0.717, 1.165) is 11.3 Å². The molecule has 1 unspecified atom stereocenters. The number of aromatic nitrogens is 2. The lowest BCUT2D eigenvalue weighted by molar-refractivity contribution is 0.248. The van der Waals surface area contributed by atoms with Gasteiger partial charge in [0.1, 0.15) is 5.75 Å². The van der Waals surface area contributed by atoms with Crippen LogP contribution in [-0.2, 0) is 0 Å². The maximum atomic E-state index is 11.7. The van der Waals surface area contributed by atoms with Crippen LogP contribution < -0.4 is 15.4 Å². The van der Waals surface area contributed by atoms with E-state index in [2.05, 4.69) is 20.8 Å². The van der Waals surface area contributed by atoms with Gasteiger partial charge in [0.15, 0.2) is 0 Å². The number of aromatic amines is 1. The van der Waals surface area contributed by atoms with Gasteiger partial charge in [0.2, 0.25) is 0 Å². The molecule has 0 fully saturated rings. The van der Waals surface area contributed by atoms with Crippen LogP contribution in [0.25, 0.3) is 0 Å². The third-order valence-electron chi connectivity index (χ3n) is 2.94. The number of H-pyrrole nitrogens is 1. The Morgan fingerprint density at radius 2 is 2.22 bits per heavy atom. The van der Waals surface area contributed by atoms with E-state index < -0.39 is 0 Å². The van der Waals surface area contributed by atoms with Crippen molar-refractivity contribution in [1.29, 1.82) is 0 Å². The lowest BCUT2D eigenvalue weighted by atomic mass is 9.99. The van der Waals surface area contributed by atoms with E-state index in [1.54, 1.807) is 13.3 Å². The zero-order valence-corrected chi connectivity index (χ0v) is 9.73. The van der Waals surface area contributed by atoms with Gasteiger partial charge in [-0.25, -0.2) is 4.79 Å². The number of rotatable bonds is 2. The molecule has 0 spiro atoms. The number of anilines is 1. The molecule has 18 heavy (non-hydrogen) atoms. The van der Waals surface area contributed by atoms with Crippen molar-refractivity contribution in [1.82, 2.24) is 15.5 Å². The van der Waals surface area contributed by atoms with Crippen LogP contribution in [0, 0.1) is 0 Å². The van der Waals surface area contributed by atoms with Gasteiger partial charge in [0, 0.05) is 11.8 Å². The molecule has 0 saturated heterocycles. The van der Waals surface area contributed by atoms with Gasteiger partial charge in [-0.1, -0.05) is 12.1 Å². The number of nitrogens with zero attached hydrogens (tertiary/aromatic N) is 1. The molecule has 6 nitrogen and oxygen atoms in total. The average molecular weight is 244 g/mol. The monoisotopic (exact) mass is 244 g/mol. The van der Waals surface area contributed by atoms with Crippen molar-refractivity contribution in [2.45, 2.75) is 6.04 Å². The van der Waals surface area contributed by atoms with Crippen LogP contribution in [0.2, 0.25) is 0 Å². The van der Waals surface area contributed by atoms with E-state index in [4.69, 9.17) is 4.74 Å². The number of methoxy groups -OCH3 is 1. The third kappa shape index (κ3) is 1.58. The summed E-state index contributed by atoms with van der Waals surface area (Å²) in [5.41, 5.74) is 2.47. The number of hydrogen-bond acceptors (Lipinski definition) is 3. The van der Waals surface area contributed by atoms with Crippen molar-refractivity contribution in [3.63, 3.8) is 0 Å². The molecule has 2 heterocycles. The standard InChI is InChI=1S/C12H12N4O2/c1-18-9-4-2-3-7-10(8-5-6-13-16-8)14-12(17)15-11(7)9/h2-6,10H,1H3,(H,13,16)(H2,14,15,17). The molecular weight excluding hydrogens is 232 g/mol. The fourth-order valence-corrected chi connectivity index (χ4v) is 2.12. The second-order valence-electron chi connectivity index (χ2n) is 3.97. The molecule has 2 aromatic rings. The number of benzene rings is 1. The van der Waals surface area contributed by atoms with E-state index >= 15 is 0 Å². The van der Waals surface area contributed by atoms with Crippen LogP contribution in [0.3, 0.4) is 0 Å². The van der Waals surface area contributed by atoms with E-state index in [9.17, 15) is 4.79 Å². The maximum absolute atomic E-state index is 11.7. The Morgan fingerprint density at radius 3 is 2.94 bits per heavy atom. The fourth-order valence-electron chi connectivity index (χ4n) is 2.12. The molecule has 6 heteroatoms. The molecule has 3 rings (SSSR count). The molecular formula is C12H12N4O2. The van der Waals surface area contributed by atoms with Crippen LogP contribution in [0.15, 0.2) is 30.5 Å². The summed E-state index contributed by atoms with van der Waals surface area (Å²) < 4.78 is 5.26. The molecule has 1 aliphatic heterocycles. The van der Waals surface area contributed by atoms with Crippen LogP contribution in [0.5, 0.6) is 5.75 Å². The smallest absolute Gasteiger partial charge is 0.320 e. The molecule has 3 N–H and O–H groups in total. The second-order valence-corrected chi connectivity index (χ2v) is 3.97. The number of amides is 2. The van der Waals surface area contributed by atoms with Crippen molar-refractivity contribution >= 4 is 11.7 Å². The first-order valence-electron chi connectivity index (χ1n) is 5.53.